The fourth-order valence-corrected chi connectivity index (χ4v) is 1.32. The van der Waals surface area contributed by atoms with Crippen molar-refractivity contribution in [3.05, 3.63) is 24.1 Å². The summed E-state index contributed by atoms with van der Waals surface area (Å²) in [5.74, 6) is -2.65. The highest BCUT2D eigenvalue weighted by Gasteiger charge is 2.35. The van der Waals surface area contributed by atoms with Crippen molar-refractivity contribution in [3.63, 3.8) is 0 Å². The number of ether oxygens (including phenoxy) is 1. The lowest BCUT2D eigenvalue weighted by Crippen LogP contribution is -2.33. The SMILES string of the molecule is CC1C=C(O)C(C(=O)/C=C/N(C)C)C(=O)O1. The molecule has 1 aliphatic heterocycles. The third-order valence-corrected chi connectivity index (χ3v) is 2.06. The molecule has 16 heavy (non-hydrogen) atoms. The molecule has 1 aliphatic rings. The van der Waals surface area contributed by atoms with Gasteiger partial charge >= 0.3 is 5.97 Å². The molecule has 0 aromatic rings. The predicted octanol–water partition coefficient (Wildman–Crippen LogP) is 0.634. The van der Waals surface area contributed by atoms with E-state index in [0.29, 0.717) is 0 Å². The first-order valence-electron chi connectivity index (χ1n) is 4.91. The fourth-order valence-electron chi connectivity index (χ4n) is 1.32. The van der Waals surface area contributed by atoms with E-state index in [0.717, 1.165) is 0 Å². The molecular weight excluding hydrogens is 210 g/mol. The zero-order chi connectivity index (χ0) is 12.3. The standard InChI is InChI=1S/C11H15NO4/c1-7-6-9(14)10(11(15)16-7)8(13)4-5-12(2)3/h4-7,10,14H,1-3H3/b5-4+. The zero-order valence-electron chi connectivity index (χ0n) is 9.51. The summed E-state index contributed by atoms with van der Waals surface area (Å²) in [5.41, 5.74) is 0. The van der Waals surface area contributed by atoms with Gasteiger partial charge in [-0.3, -0.25) is 9.59 Å². The van der Waals surface area contributed by atoms with Crippen LogP contribution in [0.25, 0.3) is 0 Å². The number of hydrogen-bond donors (Lipinski definition) is 1. The number of ketones is 1. The number of esters is 1. The maximum absolute atomic E-state index is 11.6. The van der Waals surface area contributed by atoms with Crippen molar-refractivity contribution in [3.8, 4) is 0 Å². The van der Waals surface area contributed by atoms with E-state index in [1.54, 1.807) is 25.9 Å². The minimum absolute atomic E-state index is 0.239. The Morgan fingerprint density at radius 3 is 2.69 bits per heavy atom. The number of aliphatic hydroxyl groups excluding tert-OH is 1. The Kier molecular flexibility index (Phi) is 3.71. The molecule has 0 fully saturated rings. The summed E-state index contributed by atoms with van der Waals surface area (Å²) >= 11 is 0. The topological polar surface area (TPSA) is 66.8 Å². The molecule has 0 bridgehead atoms. The van der Waals surface area contributed by atoms with E-state index in [2.05, 4.69) is 0 Å². The molecular formula is C11H15NO4. The quantitative estimate of drug-likeness (QED) is 0.433. The van der Waals surface area contributed by atoms with Crippen molar-refractivity contribution in [2.24, 2.45) is 5.92 Å². The van der Waals surface area contributed by atoms with Gasteiger partial charge in [-0.15, -0.1) is 0 Å². The van der Waals surface area contributed by atoms with E-state index in [4.69, 9.17) is 4.74 Å². The van der Waals surface area contributed by atoms with E-state index >= 15 is 0 Å². The molecule has 0 aromatic heterocycles. The number of nitrogens with zero attached hydrogens (tertiary/aromatic N) is 1. The fraction of sp³-hybridized carbons (Fsp3) is 0.455. The van der Waals surface area contributed by atoms with Gasteiger partial charge < -0.3 is 14.7 Å². The van der Waals surface area contributed by atoms with Gasteiger partial charge in [-0.05, 0) is 19.1 Å². The molecule has 0 saturated carbocycles. The van der Waals surface area contributed by atoms with Gasteiger partial charge in [0.1, 0.15) is 11.9 Å². The van der Waals surface area contributed by atoms with Crippen LogP contribution in [0, 0.1) is 5.92 Å². The van der Waals surface area contributed by atoms with E-state index in [1.165, 1.54) is 18.4 Å². The summed E-state index contributed by atoms with van der Waals surface area (Å²) < 4.78 is 4.85. The highest BCUT2D eigenvalue weighted by molar-refractivity contribution is 6.07. The molecule has 2 atom stereocenters. The number of carbonyl (C=O) groups excluding carboxylic acids is 2. The van der Waals surface area contributed by atoms with E-state index in [9.17, 15) is 14.7 Å². The Morgan fingerprint density at radius 2 is 2.19 bits per heavy atom. The Labute approximate surface area is 94.0 Å². The first-order valence-corrected chi connectivity index (χ1v) is 4.91. The number of allylic oxidation sites excluding steroid dienone is 1. The smallest absolute Gasteiger partial charge is 0.325 e. The number of hydrogen-bond acceptors (Lipinski definition) is 5. The zero-order valence-corrected chi connectivity index (χ0v) is 9.51. The average molecular weight is 225 g/mol. The summed E-state index contributed by atoms with van der Waals surface area (Å²) in [4.78, 5) is 24.7. The molecule has 1 N–H and O–H groups in total. The predicted molar refractivity (Wildman–Crippen MR) is 57.6 cm³/mol. The Balaban J connectivity index is 2.83. The molecule has 5 nitrogen and oxygen atoms in total. The van der Waals surface area contributed by atoms with Gasteiger partial charge in [-0.1, -0.05) is 0 Å². The molecule has 5 heteroatoms. The maximum Gasteiger partial charge on any atom is 0.325 e. The van der Waals surface area contributed by atoms with Crippen molar-refractivity contribution in [1.82, 2.24) is 4.90 Å². The molecule has 1 rings (SSSR count). The van der Waals surface area contributed by atoms with Crippen molar-refractivity contribution in [2.45, 2.75) is 13.0 Å². The van der Waals surface area contributed by atoms with Gasteiger partial charge in [0.25, 0.3) is 0 Å². The number of carbonyl (C=O) groups is 2. The molecule has 1 heterocycles. The third-order valence-electron chi connectivity index (χ3n) is 2.06. The van der Waals surface area contributed by atoms with Crippen molar-refractivity contribution in [2.75, 3.05) is 14.1 Å². The molecule has 2 unspecified atom stereocenters. The van der Waals surface area contributed by atoms with Crippen molar-refractivity contribution < 1.29 is 19.4 Å². The second-order valence-corrected chi connectivity index (χ2v) is 3.85. The molecule has 0 radical (unpaired) electrons. The molecule has 0 aromatic carbocycles. The third kappa shape index (κ3) is 2.85. The minimum Gasteiger partial charge on any atom is -0.511 e. The van der Waals surface area contributed by atoms with Crippen LogP contribution < -0.4 is 0 Å². The van der Waals surface area contributed by atoms with Crippen LogP contribution in [0.3, 0.4) is 0 Å². The number of cyclic esters (lactones) is 1. The molecule has 0 spiro atoms. The summed E-state index contributed by atoms with van der Waals surface area (Å²) in [6.07, 6.45) is 3.62. The van der Waals surface area contributed by atoms with Crippen LogP contribution in [0.4, 0.5) is 0 Å². The van der Waals surface area contributed by atoms with Crippen LogP contribution in [0.15, 0.2) is 24.1 Å². The van der Waals surface area contributed by atoms with Crippen LogP contribution in [0.5, 0.6) is 0 Å². The van der Waals surface area contributed by atoms with E-state index in [1.807, 2.05) is 0 Å². The van der Waals surface area contributed by atoms with Crippen molar-refractivity contribution >= 4 is 11.8 Å². The summed E-state index contributed by atoms with van der Waals surface area (Å²) in [7, 11) is 3.50. The van der Waals surface area contributed by atoms with E-state index < -0.39 is 23.8 Å². The van der Waals surface area contributed by atoms with Gasteiger partial charge in [0.05, 0.1) is 0 Å². The van der Waals surface area contributed by atoms with Crippen LogP contribution in [-0.4, -0.2) is 42.0 Å². The van der Waals surface area contributed by atoms with Gasteiger partial charge in [-0.25, -0.2) is 0 Å². The van der Waals surface area contributed by atoms with Crippen molar-refractivity contribution in [1.29, 1.82) is 0 Å². The van der Waals surface area contributed by atoms with Crippen LogP contribution in [-0.2, 0) is 14.3 Å². The lowest BCUT2D eigenvalue weighted by Gasteiger charge is -2.21. The second kappa shape index (κ2) is 4.83. The maximum atomic E-state index is 11.6. The first-order chi connectivity index (χ1) is 7.41. The van der Waals surface area contributed by atoms with Crippen LogP contribution in [0.2, 0.25) is 0 Å². The normalized spacial score (nSPS) is 25.2. The summed E-state index contributed by atoms with van der Waals surface area (Å²) in [5, 5.41) is 9.54. The summed E-state index contributed by atoms with van der Waals surface area (Å²) in [6.45, 7) is 1.62. The monoisotopic (exact) mass is 225 g/mol. The Hall–Kier alpha value is -1.78. The van der Waals surface area contributed by atoms with Gasteiger partial charge in [0.2, 0.25) is 0 Å². The molecule has 0 aliphatic carbocycles. The number of aliphatic hydroxyl groups is 1. The van der Waals surface area contributed by atoms with Gasteiger partial charge in [0, 0.05) is 20.3 Å². The van der Waals surface area contributed by atoms with E-state index in [-0.39, 0.29) is 5.76 Å². The average Bonchev–Trinajstić information content (AvgIpc) is 2.12. The number of rotatable bonds is 3. The minimum atomic E-state index is -1.22. The Bertz CT molecular complexity index is 357. The Morgan fingerprint density at radius 1 is 1.56 bits per heavy atom. The lowest BCUT2D eigenvalue weighted by atomic mass is 9.98. The lowest BCUT2D eigenvalue weighted by molar-refractivity contribution is -0.154. The van der Waals surface area contributed by atoms with Gasteiger partial charge in [-0.2, -0.15) is 0 Å². The first kappa shape index (κ1) is 12.3. The highest BCUT2D eigenvalue weighted by atomic mass is 16.5. The second-order valence-electron chi connectivity index (χ2n) is 3.85. The van der Waals surface area contributed by atoms with Gasteiger partial charge in [0.15, 0.2) is 11.7 Å². The molecule has 88 valence electrons. The van der Waals surface area contributed by atoms with Crippen LogP contribution >= 0.6 is 0 Å². The summed E-state index contributed by atoms with van der Waals surface area (Å²) in [6, 6.07) is 0. The largest absolute Gasteiger partial charge is 0.511 e. The molecule has 0 amide bonds. The highest BCUT2D eigenvalue weighted by Crippen LogP contribution is 2.20. The molecule has 0 saturated heterocycles. The van der Waals surface area contributed by atoms with Crippen LogP contribution in [0.1, 0.15) is 6.92 Å².